The summed E-state index contributed by atoms with van der Waals surface area (Å²) < 4.78 is 0. The predicted octanol–water partition coefficient (Wildman–Crippen LogP) is 2.67. The molecule has 0 aliphatic carbocycles. The summed E-state index contributed by atoms with van der Waals surface area (Å²) in [6, 6.07) is 0. The van der Waals surface area contributed by atoms with Gasteiger partial charge in [-0.3, -0.25) is 0 Å². The van der Waals surface area contributed by atoms with E-state index in [0.29, 0.717) is 11.1 Å². The van der Waals surface area contributed by atoms with Gasteiger partial charge in [-0.1, -0.05) is 45.8 Å². The first-order chi connectivity index (χ1) is 5.35. The van der Waals surface area contributed by atoms with E-state index < -0.39 is 0 Å². The highest BCUT2D eigenvalue weighted by atomic mass is 15.1. The highest BCUT2D eigenvalue weighted by Gasteiger charge is 2.17. The average molecular weight is 168 g/mol. The lowest BCUT2D eigenvalue weighted by molar-refractivity contribution is 0.351. The SMILES string of the molecule is CCN(C)CC(C)[B]C(C)(C)C. The number of hydrogen-bond acceptors (Lipinski definition) is 1. The zero-order valence-corrected chi connectivity index (χ0v) is 9.52. The average Bonchev–Trinajstić information content (AvgIpc) is 1.82. The molecule has 0 aliphatic rings. The van der Waals surface area contributed by atoms with Gasteiger partial charge in [-0.2, -0.15) is 0 Å². The highest BCUT2D eigenvalue weighted by molar-refractivity contribution is 6.41. The van der Waals surface area contributed by atoms with Gasteiger partial charge in [0.25, 0.3) is 0 Å². The van der Waals surface area contributed by atoms with Gasteiger partial charge in [0.2, 0.25) is 0 Å². The molecule has 0 spiro atoms. The van der Waals surface area contributed by atoms with Crippen LogP contribution in [0.15, 0.2) is 0 Å². The third-order valence-corrected chi connectivity index (χ3v) is 1.92. The molecule has 0 heterocycles. The van der Waals surface area contributed by atoms with Crippen LogP contribution < -0.4 is 0 Å². The van der Waals surface area contributed by atoms with E-state index in [0.717, 1.165) is 6.54 Å². The van der Waals surface area contributed by atoms with Gasteiger partial charge < -0.3 is 4.90 Å². The minimum Gasteiger partial charge on any atom is -0.307 e. The Morgan fingerprint density at radius 1 is 1.33 bits per heavy atom. The highest BCUT2D eigenvalue weighted by Crippen LogP contribution is 2.25. The maximum absolute atomic E-state index is 2.43. The van der Waals surface area contributed by atoms with Crippen molar-refractivity contribution in [3.05, 3.63) is 0 Å². The molecular formula is C10H23BN. The quantitative estimate of drug-likeness (QED) is 0.583. The van der Waals surface area contributed by atoms with Gasteiger partial charge >= 0.3 is 0 Å². The first kappa shape index (κ1) is 12.0. The van der Waals surface area contributed by atoms with Crippen LogP contribution in [-0.4, -0.2) is 32.3 Å². The lowest BCUT2D eigenvalue weighted by atomic mass is 9.48. The zero-order valence-electron chi connectivity index (χ0n) is 9.52. The third kappa shape index (κ3) is 6.72. The normalized spacial score (nSPS) is 14.9. The number of nitrogens with zero attached hydrogens (tertiary/aromatic N) is 1. The molecule has 1 unspecified atom stereocenters. The van der Waals surface area contributed by atoms with Crippen LogP contribution in [0.4, 0.5) is 0 Å². The summed E-state index contributed by atoms with van der Waals surface area (Å²) in [5, 5.41) is 0.355. The molecule has 0 bridgehead atoms. The Labute approximate surface area is 78.8 Å². The molecule has 0 fully saturated rings. The molecule has 0 aliphatic heterocycles. The van der Waals surface area contributed by atoms with Crippen LogP contribution in [0, 0.1) is 0 Å². The van der Waals surface area contributed by atoms with Gasteiger partial charge in [0.1, 0.15) is 7.28 Å². The Balaban J connectivity index is 3.66. The van der Waals surface area contributed by atoms with Crippen molar-refractivity contribution < 1.29 is 0 Å². The van der Waals surface area contributed by atoms with E-state index in [1.54, 1.807) is 0 Å². The first-order valence-electron chi connectivity index (χ1n) is 4.89. The van der Waals surface area contributed by atoms with E-state index in [1.165, 1.54) is 6.54 Å². The van der Waals surface area contributed by atoms with Gasteiger partial charge in [-0.05, 0) is 20.1 Å². The molecule has 0 amide bonds. The van der Waals surface area contributed by atoms with Crippen molar-refractivity contribution >= 4 is 7.28 Å². The van der Waals surface area contributed by atoms with Crippen LogP contribution in [-0.2, 0) is 0 Å². The molecule has 0 aromatic carbocycles. The first-order valence-corrected chi connectivity index (χ1v) is 4.89. The third-order valence-electron chi connectivity index (χ3n) is 1.92. The van der Waals surface area contributed by atoms with Gasteiger partial charge in [0.15, 0.2) is 0 Å². The number of hydrogen-bond donors (Lipinski definition) is 0. The maximum Gasteiger partial charge on any atom is 0.122 e. The van der Waals surface area contributed by atoms with E-state index in [4.69, 9.17) is 0 Å². The summed E-state index contributed by atoms with van der Waals surface area (Å²) in [6.45, 7) is 13.6. The fourth-order valence-electron chi connectivity index (χ4n) is 1.53. The fraction of sp³-hybridized carbons (Fsp3) is 1.00. The van der Waals surface area contributed by atoms with E-state index in [9.17, 15) is 0 Å². The van der Waals surface area contributed by atoms with Crippen LogP contribution in [0.3, 0.4) is 0 Å². The second-order valence-corrected chi connectivity index (χ2v) is 4.86. The summed E-state index contributed by atoms with van der Waals surface area (Å²) >= 11 is 0. The summed E-state index contributed by atoms with van der Waals surface area (Å²) in [6.07, 6.45) is 0. The Hall–Kier alpha value is 0.0249. The number of rotatable bonds is 4. The molecule has 0 saturated carbocycles. The van der Waals surface area contributed by atoms with Gasteiger partial charge in [0.05, 0.1) is 0 Å². The van der Waals surface area contributed by atoms with Gasteiger partial charge in [0, 0.05) is 0 Å². The molecule has 0 rings (SSSR count). The van der Waals surface area contributed by atoms with Crippen molar-refractivity contribution in [2.75, 3.05) is 20.1 Å². The summed E-state index contributed by atoms with van der Waals surface area (Å²) in [4.78, 5) is 2.35. The van der Waals surface area contributed by atoms with Crippen LogP contribution in [0.1, 0.15) is 34.6 Å². The van der Waals surface area contributed by atoms with E-state index in [2.05, 4.69) is 53.8 Å². The standard InChI is InChI=1S/C10H23BN/c1-7-12(6)8-9(2)11-10(3,4)5/h9H,7-8H2,1-6H3. The Bertz CT molecular complexity index is 117. The van der Waals surface area contributed by atoms with Crippen molar-refractivity contribution in [3.8, 4) is 0 Å². The van der Waals surface area contributed by atoms with E-state index >= 15 is 0 Å². The molecule has 2 heteroatoms. The minimum atomic E-state index is 0.355. The molecule has 0 N–H and O–H groups in total. The molecule has 0 aromatic heterocycles. The van der Waals surface area contributed by atoms with Gasteiger partial charge in [-0.25, -0.2) is 0 Å². The Kier molecular flexibility index (Phi) is 4.92. The monoisotopic (exact) mass is 168 g/mol. The molecule has 12 heavy (non-hydrogen) atoms. The summed E-state index contributed by atoms with van der Waals surface area (Å²) in [5.41, 5.74) is 0. The lowest BCUT2D eigenvalue weighted by Crippen LogP contribution is -2.26. The summed E-state index contributed by atoms with van der Waals surface area (Å²) in [5.74, 6) is 0.690. The Morgan fingerprint density at radius 3 is 2.17 bits per heavy atom. The fourth-order valence-corrected chi connectivity index (χ4v) is 1.53. The van der Waals surface area contributed by atoms with Gasteiger partial charge in [-0.15, -0.1) is 0 Å². The van der Waals surface area contributed by atoms with Crippen LogP contribution in [0.2, 0.25) is 11.1 Å². The molecule has 1 atom stereocenters. The maximum atomic E-state index is 2.43. The van der Waals surface area contributed by atoms with Crippen molar-refractivity contribution in [2.45, 2.75) is 45.8 Å². The molecule has 71 valence electrons. The van der Waals surface area contributed by atoms with Crippen LogP contribution >= 0.6 is 0 Å². The van der Waals surface area contributed by atoms with Crippen LogP contribution in [0.25, 0.3) is 0 Å². The smallest absolute Gasteiger partial charge is 0.122 e. The zero-order chi connectivity index (χ0) is 9.78. The van der Waals surface area contributed by atoms with Crippen LogP contribution in [0.5, 0.6) is 0 Å². The molecular weight excluding hydrogens is 145 g/mol. The molecule has 0 aromatic rings. The van der Waals surface area contributed by atoms with Crippen molar-refractivity contribution in [1.29, 1.82) is 0 Å². The van der Waals surface area contributed by atoms with E-state index in [1.807, 2.05) is 0 Å². The second-order valence-electron chi connectivity index (χ2n) is 4.86. The largest absolute Gasteiger partial charge is 0.307 e. The summed E-state index contributed by atoms with van der Waals surface area (Å²) in [7, 11) is 4.60. The molecule has 0 saturated heterocycles. The molecule has 1 radical (unpaired) electrons. The predicted molar refractivity (Wildman–Crippen MR) is 58.1 cm³/mol. The lowest BCUT2D eigenvalue weighted by Gasteiger charge is -2.25. The Morgan fingerprint density at radius 2 is 1.83 bits per heavy atom. The minimum absolute atomic E-state index is 0.355. The second kappa shape index (κ2) is 4.91. The molecule has 1 nitrogen and oxygen atoms in total. The van der Waals surface area contributed by atoms with Crippen molar-refractivity contribution in [1.82, 2.24) is 4.90 Å². The van der Waals surface area contributed by atoms with Crippen molar-refractivity contribution in [3.63, 3.8) is 0 Å². The van der Waals surface area contributed by atoms with E-state index in [-0.39, 0.29) is 0 Å². The van der Waals surface area contributed by atoms with Crippen molar-refractivity contribution in [2.24, 2.45) is 0 Å². The topological polar surface area (TPSA) is 3.24 Å².